The molecule has 0 atom stereocenters. The molecule has 1 N–H and O–H groups in total. The van der Waals surface area contributed by atoms with E-state index in [1.165, 1.54) is 30.3 Å². The van der Waals surface area contributed by atoms with Crippen molar-refractivity contribution in [3.8, 4) is 5.75 Å². The number of fused-ring (bicyclic) bond motifs is 1. The average molecular weight is 404 g/mol. The smallest absolute Gasteiger partial charge is 0.261 e. The summed E-state index contributed by atoms with van der Waals surface area (Å²) in [5, 5.41) is 0. The predicted molar refractivity (Wildman–Crippen MR) is 105 cm³/mol. The first-order chi connectivity index (χ1) is 13.1. The normalized spacial score (nSPS) is 16.0. The third-order valence-corrected chi connectivity index (χ3v) is 5.71. The molecule has 3 rings (SSSR count). The highest BCUT2D eigenvalue weighted by Gasteiger charge is 2.37. The maximum atomic E-state index is 13.4. The molecule has 6 nitrogen and oxygen atoms in total. The number of carbonyl (C=O) groups is 1. The first kappa shape index (κ1) is 19.9. The Morgan fingerprint density at radius 3 is 2.71 bits per heavy atom. The number of ether oxygens (including phenoxy) is 1. The molecule has 2 aromatic carbocycles. The molecule has 0 saturated carbocycles. The van der Waals surface area contributed by atoms with E-state index in [4.69, 9.17) is 4.74 Å². The zero-order chi connectivity index (χ0) is 20.5. The molecule has 1 heterocycles. The standard InChI is InChI=1S/C20H21FN2O4S/c1-4-10-23-17-9-8-15(12-18(17)27-13-20(2,3)19(23)24)22-28(25,26)16-7-5-6-14(21)11-16/h4-9,11-12,22H,1,10,13H2,2-3H3. The van der Waals surface area contributed by atoms with Gasteiger partial charge in [0.1, 0.15) is 18.2 Å². The number of nitrogens with zero attached hydrogens (tertiary/aromatic N) is 1. The Bertz CT molecular complexity index is 1030. The van der Waals surface area contributed by atoms with Crippen LogP contribution in [0.25, 0.3) is 0 Å². The lowest BCUT2D eigenvalue weighted by Crippen LogP contribution is -2.42. The second kappa shape index (κ2) is 7.27. The minimum Gasteiger partial charge on any atom is -0.490 e. The summed E-state index contributed by atoms with van der Waals surface area (Å²) in [5.41, 5.74) is 0.0291. The molecule has 1 amide bonds. The largest absolute Gasteiger partial charge is 0.490 e. The fraction of sp³-hybridized carbons (Fsp3) is 0.250. The van der Waals surface area contributed by atoms with Crippen LogP contribution < -0.4 is 14.4 Å². The summed E-state index contributed by atoms with van der Waals surface area (Å²) in [6, 6.07) is 9.39. The number of hydrogen-bond acceptors (Lipinski definition) is 4. The SMILES string of the molecule is C=CCN1C(=O)C(C)(C)COc2cc(NS(=O)(=O)c3cccc(F)c3)ccc21. The zero-order valence-corrected chi connectivity index (χ0v) is 16.4. The van der Waals surface area contributed by atoms with Crippen LogP contribution in [0.5, 0.6) is 5.75 Å². The Hall–Kier alpha value is -2.87. The van der Waals surface area contributed by atoms with Gasteiger partial charge in [0.2, 0.25) is 5.91 Å². The lowest BCUT2D eigenvalue weighted by atomic mass is 9.93. The van der Waals surface area contributed by atoms with Crippen LogP contribution >= 0.6 is 0 Å². The van der Waals surface area contributed by atoms with Crippen LogP contribution in [0, 0.1) is 11.2 Å². The highest BCUT2D eigenvalue weighted by molar-refractivity contribution is 7.92. The van der Waals surface area contributed by atoms with Gasteiger partial charge in [-0.2, -0.15) is 0 Å². The van der Waals surface area contributed by atoms with E-state index in [-0.39, 0.29) is 23.1 Å². The molecule has 1 aliphatic rings. The van der Waals surface area contributed by atoms with Crippen molar-refractivity contribution in [2.45, 2.75) is 18.7 Å². The summed E-state index contributed by atoms with van der Waals surface area (Å²) >= 11 is 0. The molecule has 0 aromatic heterocycles. The average Bonchev–Trinajstić information content (AvgIpc) is 2.72. The van der Waals surface area contributed by atoms with E-state index in [1.54, 1.807) is 30.9 Å². The summed E-state index contributed by atoms with van der Waals surface area (Å²) < 4.78 is 46.6. The first-order valence-corrected chi connectivity index (χ1v) is 10.1. The Labute approximate surface area is 163 Å². The van der Waals surface area contributed by atoms with Gasteiger partial charge in [0.15, 0.2) is 0 Å². The number of nitrogens with one attached hydrogen (secondary N) is 1. The summed E-state index contributed by atoms with van der Waals surface area (Å²) in [4.78, 5) is 14.2. The number of halogens is 1. The number of carbonyl (C=O) groups excluding carboxylic acids is 1. The number of anilines is 2. The van der Waals surface area contributed by atoms with Crippen molar-refractivity contribution in [1.29, 1.82) is 0 Å². The minimum atomic E-state index is -3.97. The van der Waals surface area contributed by atoms with E-state index in [1.807, 2.05) is 0 Å². The summed E-state index contributed by atoms with van der Waals surface area (Å²) in [5.74, 6) is -0.381. The fourth-order valence-corrected chi connectivity index (χ4v) is 3.95. The summed E-state index contributed by atoms with van der Waals surface area (Å²) in [6.45, 7) is 7.70. The first-order valence-electron chi connectivity index (χ1n) is 8.62. The van der Waals surface area contributed by atoms with Crippen molar-refractivity contribution in [3.63, 3.8) is 0 Å². The second-order valence-electron chi connectivity index (χ2n) is 7.12. The van der Waals surface area contributed by atoms with Crippen LogP contribution in [-0.2, 0) is 14.8 Å². The van der Waals surface area contributed by atoms with E-state index in [2.05, 4.69) is 11.3 Å². The van der Waals surface area contributed by atoms with Crippen molar-refractivity contribution >= 4 is 27.3 Å². The van der Waals surface area contributed by atoms with Gasteiger partial charge < -0.3 is 9.64 Å². The molecular weight excluding hydrogens is 383 g/mol. The monoisotopic (exact) mass is 404 g/mol. The van der Waals surface area contributed by atoms with Gasteiger partial charge in [-0.15, -0.1) is 6.58 Å². The highest BCUT2D eigenvalue weighted by atomic mass is 32.2. The van der Waals surface area contributed by atoms with Crippen molar-refractivity contribution in [1.82, 2.24) is 0 Å². The molecule has 28 heavy (non-hydrogen) atoms. The molecule has 1 aliphatic heterocycles. The van der Waals surface area contributed by atoms with Crippen LogP contribution in [0.2, 0.25) is 0 Å². The zero-order valence-electron chi connectivity index (χ0n) is 15.6. The van der Waals surface area contributed by atoms with Gasteiger partial charge in [0.25, 0.3) is 10.0 Å². The molecule has 0 aliphatic carbocycles. The quantitative estimate of drug-likeness (QED) is 0.773. The fourth-order valence-electron chi connectivity index (χ4n) is 2.87. The molecule has 0 bridgehead atoms. The maximum Gasteiger partial charge on any atom is 0.261 e. The number of sulfonamides is 1. The van der Waals surface area contributed by atoms with Gasteiger partial charge in [-0.05, 0) is 44.2 Å². The molecule has 8 heteroatoms. The number of benzene rings is 2. The highest BCUT2D eigenvalue weighted by Crippen LogP contribution is 2.38. The van der Waals surface area contributed by atoms with Crippen molar-refractivity contribution < 1.29 is 22.3 Å². The lowest BCUT2D eigenvalue weighted by Gasteiger charge is -2.27. The third-order valence-electron chi connectivity index (χ3n) is 4.33. The molecule has 0 spiro atoms. The third kappa shape index (κ3) is 3.87. The molecular formula is C20H21FN2O4S. The Balaban J connectivity index is 1.96. The van der Waals surface area contributed by atoms with Gasteiger partial charge in [0, 0.05) is 12.6 Å². The Morgan fingerprint density at radius 1 is 1.29 bits per heavy atom. The molecule has 0 radical (unpaired) electrons. The number of amides is 1. The second-order valence-corrected chi connectivity index (χ2v) is 8.80. The van der Waals surface area contributed by atoms with Crippen LogP contribution in [0.3, 0.4) is 0 Å². The lowest BCUT2D eigenvalue weighted by molar-refractivity contribution is -0.127. The van der Waals surface area contributed by atoms with Gasteiger partial charge in [-0.3, -0.25) is 9.52 Å². The van der Waals surface area contributed by atoms with Crippen molar-refractivity contribution in [2.75, 3.05) is 22.8 Å². The van der Waals surface area contributed by atoms with E-state index in [0.29, 0.717) is 18.0 Å². The Morgan fingerprint density at radius 2 is 2.04 bits per heavy atom. The van der Waals surface area contributed by atoms with E-state index < -0.39 is 21.3 Å². The van der Waals surface area contributed by atoms with Crippen LogP contribution in [0.15, 0.2) is 60.0 Å². The van der Waals surface area contributed by atoms with Crippen LogP contribution in [-0.4, -0.2) is 27.5 Å². The Kier molecular flexibility index (Phi) is 5.16. The number of rotatable bonds is 5. The minimum absolute atomic E-state index is 0.112. The molecule has 0 saturated heterocycles. The molecule has 0 fully saturated rings. The van der Waals surface area contributed by atoms with Crippen LogP contribution in [0.4, 0.5) is 15.8 Å². The summed E-state index contributed by atoms with van der Waals surface area (Å²) in [6.07, 6.45) is 1.61. The van der Waals surface area contributed by atoms with Gasteiger partial charge >= 0.3 is 0 Å². The molecule has 0 unspecified atom stereocenters. The van der Waals surface area contributed by atoms with Crippen LogP contribution in [0.1, 0.15) is 13.8 Å². The van der Waals surface area contributed by atoms with Crippen molar-refractivity contribution in [2.24, 2.45) is 5.41 Å². The van der Waals surface area contributed by atoms with E-state index in [0.717, 1.165) is 6.07 Å². The van der Waals surface area contributed by atoms with E-state index in [9.17, 15) is 17.6 Å². The van der Waals surface area contributed by atoms with Crippen molar-refractivity contribution in [3.05, 3.63) is 60.9 Å². The summed E-state index contributed by atoms with van der Waals surface area (Å²) in [7, 11) is -3.97. The van der Waals surface area contributed by atoms with Gasteiger partial charge in [0.05, 0.1) is 21.7 Å². The van der Waals surface area contributed by atoms with Gasteiger partial charge in [-0.25, -0.2) is 12.8 Å². The molecule has 148 valence electrons. The number of hydrogen-bond donors (Lipinski definition) is 1. The van der Waals surface area contributed by atoms with Gasteiger partial charge in [-0.1, -0.05) is 12.1 Å². The molecule has 2 aromatic rings. The topological polar surface area (TPSA) is 75.7 Å². The maximum absolute atomic E-state index is 13.4. The van der Waals surface area contributed by atoms with E-state index >= 15 is 0 Å². The predicted octanol–water partition coefficient (Wildman–Crippen LogP) is 3.56.